The van der Waals surface area contributed by atoms with Crippen LogP contribution in [0.2, 0.25) is 0 Å². The third kappa shape index (κ3) is 4.52. The summed E-state index contributed by atoms with van der Waals surface area (Å²) in [7, 11) is 1.42. The summed E-state index contributed by atoms with van der Waals surface area (Å²) in [6.07, 6.45) is 1.31. The van der Waals surface area contributed by atoms with Crippen molar-refractivity contribution >= 4 is 17.7 Å². The number of anilines is 1. The van der Waals surface area contributed by atoms with Crippen LogP contribution in [0.3, 0.4) is 0 Å². The molecule has 0 heterocycles. The standard InChI is InChI=1S/C19H18N2O4/c1-3-25-16-9-7-15(8-10-16)21-19(23)14(12-20)11-13-5-4-6-17(24-2)18(13)22/h4-11,22H,3H2,1-2H3,(H,21,23)/b14-11+. The molecule has 0 radical (unpaired) electrons. The Labute approximate surface area is 145 Å². The van der Waals surface area contributed by atoms with Crippen LogP contribution in [0.25, 0.3) is 6.08 Å². The van der Waals surface area contributed by atoms with Crippen molar-refractivity contribution in [3.8, 4) is 23.3 Å². The molecule has 0 bridgehead atoms. The molecular formula is C19H18N2O4. The topological polar surface area (TPSA) is 91.6 Å². The predicted molar refractivity (Wildman–Crippen MR) is 94.5 cm³/mol. The highest BCUT2D eigenvalue weighted by atomic mass is 16.5. The van der Waals surface area contributed by atoms with Gasteiger partial charge in [-0.15, -0.1) is 0 Å². The van der Waals surface area contributed by atoms with Crippen molar-refractivity contribution in [2.75, 3.05) is 19.0 Å². The van der Waals surface area contributed by atoms with E-state index in [1.165, 1.54) is 13.2 Å². The van der Waals surface area contributed by atoms with E-state index in [1.54, 1.807) is 42.5 Å². The van der Waals surface area contributed by atoms with E-state index in [4.69, 9.17) is 9.47 Å². The van der Waals surface area contributed by atoms with Crippen molar-refractivity contribution in [2.45, 2.75) is 6.92 Å². The molecular weight excluding hydrogens is 320 g/mol. The molecule has 0 aliphatic rings. The lowest BCUT2D eigenvalue weighted by molar-refractivity contribution is -0.112. The Morgan fingerprint density at radius 3 is 2.60 bits per heavy atom. The largest absolute Gasteiger partial charge is 0.504 e. The Morgan fingerprint density at radius 1 is 1.28 bits per heavy atom. The zero-order valence-corrected chi connectivity index (χ0v) is 13.9. The fourth-order valence-corrected chi connectivity index (χ4v) is 2.12. The van der Waals surface area contributed by atoms with E-state index in [9.17, 15) is 15.2 Å². The molecule has 0 fully saturated rings. The van der Waals surface area contributed by atoms with Crippen LogP contribution < -0.4 is 14.8 Å². The first-order chi connectivity index (χ1) is 12.1. The zero-order valence-electron chi connectivity index (χ0n) is 13.9. The fourth-order valence-electron chi connectivity index (χ4n) is 2.12. The van der Waals surface area contributed by atoms with E-state index in [1.807, 2.05) is 13.0 Å². The van der Waals surface area contributed by atoms with Gasteiger partial charge in [0.25, 0.3) is 5.91 Å². The predicted octanol–water partition coefficient (Wildman–Crippen LogP) is 3.35. The summed E-state index contributed by atoms with van der Waals surface area (Å²) in [6, 6.07) is 13.5. The summed E-state index contributed by atoms with van der Waals surface area (Å²) in [5.74, 6) is 0.247. The molecule has 0 atom stereocenters. The van der Waals surface area contributed by atoms with Gasteiger partial charge >= 0.3 is 0 Å². The van der Waals surface area contributed by atoms with Gasteiger partial charge in [0, 0.05) is 11.3 Å². The van der Waals surface area contributed by atoms with Crippen molar-refractivity contribution in [2.24, 2.45) is 0 Å². The molecule has 25 heavy (non-hydrogen) atoms. The van der Waals surface area contributed by atoms with Crippen molar-refractivity contribution in [1.82, 2.24) is 0 Å². The third-order valence-electron chi connectivity index (χ3n) is 3.34. The molecule has 2 N–H and O–H groups in total. The Kier molecular flexibility index (Phi) is 6.02. The number of nitrogens with one attached hydrogen (secondary N) is 1. The van der Waals surface area contributed by atoms with Crippen molar-refractivity contribution in [3.05, 3.63) is 53.6 Å². The van der Waals surface area contributed by atoms with E-state index < -0.39 is 5.91 Å². The highest BCUT2D eigenvalue weighted by molar-refractivity contribution is 6.09. The van der Waals surface area contributed by atoms with E-state index in [-0.39, 0.29) is 17.1 Å². The number of benzene rings is 2. The molecule has 6 nitrogen and oxygen atoms in total. The van der Waals surface area contributed by atoms with Gasteiger partial charge in [0.2, 0.25) is 0 Å². The summed E-state index contributed by atoms with van der Waals surface area (Å²) >= 11 is 0. The fraction of sp³-hybridized carbons (Fsp3) is 0.158. The lowest BCUT2D eigenvalue weighted by Crippen LogP contribution is -2.13. The quantitative estimate of drug-likeness (QED) is 0.622. The van der Waals surface area contributed by atoms with E-state index in [0.717, 1.165) is 0 Å². The molecule has 2 aromatic rings. The van der Waals surface area contributed by atoms with Crippen LogP contribution in [0.5, 0.6) is 17.2 Å². The lowest BCUT2D eigenvalue weighted by atomic mass is 10.1. The van der Waals surface area contributed by atoms with Crippen LogP contribution in [-0.4, -0.2) is 24.7 Å². The van der Waals surface area contributed by atoms with Crippen LogP contribution in [0.15, 0.2) is 48.0 Å². The average Bonchev–Trinajstić information content (AvgIpc) is 2.62. The molecule has 0 saturated carbocycles. The molecule has 0 aromatic heterocycles. The number of methoxy groups -OCH3 is 1. The number of ether oxygens (including phenoxy) is 2. The summed E-state index contributed by atoms with van der Waals surface area (Å²) in [4.78, 5) is 12.3. The van der Waals surface area contributed by atoms with Crippen molar-refractivity contribution in [3.63, 3.8) is 0 Å². The summed E-state index contributed by atoms with van der Waals surface area (Å²) in [5.41, 5.74) is 0.708. The number of phenols is 1. The van der Waals surface area contributed by atoms with Crippen LogP contribution in [0.4, 0.5) is 5.69 Å². The minimum absolute atomic E-state index is 0.133. The average molecular weight is 338 g/mol. The molecule has 0 unspecified atom stereocenters. The monoisotopic (exact) mass is 338 g/mol. The number of nitrogens with zero attached hydrogens (tertiary/aromatic N) is 1. The van der Waals surface area contributed by atoms with Gasteiger partial charge in [-0.2, -0.15) is 5.26 Å². The summed E-state index contributed by atoms with van der Waals surface area (Å²) in [5, 5.41) is 21.9. The lowest BCUT2D eigenvalue weighted by Gasteiger charge is -2.08. The van der Waals surface area contributed by atoms with Crippen LogP contribution in [-0.2, 0) is 4.79 Å². The molecule has 1 amide bonds. The molecule has 0 aliphatic heterocycles. The smallest absolute Gasteiger partial charge is 0.266 e. The molecule has 2 aromatic carbocycles. The Bertz CT molecular complexity index is 820. The van der Waals surface area contributed by atoms with Crippen LogP contribution in [0.1, 0.15) is 12.5 Å². The van der Waals surface area contributed by atoms with Gasteiger partial charge in [0.15, 0.2) is 11.5 Å². The SMILES string of the molecule is CCOc1ccc(NC(=O)/C(C#N)=C/c2cccc(OC)c2O)cc1. The molecule has 0 saturated heterocycles. The number of hydrogen-bond acceptors (Lipinski definition) is 5. The minimum atomic E-state index is -0.575. The second kappa shape index (κ2) is 8.41. The van der Waals surface area contributed by atoms with Crippen LogP contribution in [0, 0.1) is 11.3 Å². The highest BCUT2D eigenvalue weighted by Crippen LogP contribution is 2.31. The van der Waals surface area contributed by atoms with Gasteiger partial charge in [0.1, 0.15) is 17.4 Å². The van der Waals surface area contributed by atoms with Gasteiger partial charge < -0.3 is 19.9 Å². The molecule has 128 valence electrons. The number of amides is 1. The second-order valence-corrected chi connectivity index (χ2v) is 4.98. The number of carbonyl (C=O) groups is 1. The first-order valence-electron chi connectivity index (χ1n) is 7.61. The number of rotatable bonds is 6. The van der Waals surface area contributed by atoms with E-state index in [2.05, 4.69) is 5.32 Å². The second-order valence-electron chi connectivity index (χ2n) is 4.98. The van der Waals surface area contributed by atoms with Crippen molar-refractivity contribution in [1.29, 1.82) is 5.26 Å². The number of nitriles is 1. The van der Waals surface area contributed by atoms with Gasteiger partial charge in [0.05, 0.1) is 13.7 Å². The number of phenolic OH excluding ortho intramolecular Hbond substituents is 1. The van der Waals surface area contributed by atoms with Crippen LogP contribution >= 0.6 is 0 Å². The Morgan fingerprint density at radius 2 is 2.00 bits per heavy atom. The Balaban J connectivity index is 2.20. The number of para-hydroxylation sites is 1. The molecule has 0 spiro atoms. The maximum Gasteiger partial charge on any atom is 0.266 e. The normalized spacial score (nSPS) is 10.7. The van der Waals surface area contributed by atoms with Gasteiger partial charge in [-0.3, -0.25) is 4.79 Å². The number of aromatic hydroxyl groups is 1. The molecule has 2 rings (SSSR count). The maximum atomic E-state index is 12.3. The summed E-state index contributed by atoms with van der Waals surface area (Å²) in [6.45, 7) is 2.44. The van der Waals surface area contributed by atoms with Gasteiger partial charge in [-0.25, -0.2) is 0 Å². The number of carbonyl (C=O) groups excluding carboxylic acids is 1. The maximum absolute atomic E-state index is 12.3. The Hall–Kier alpha value is -3.46. The van der Waals surface area contributed by atoms with E-state index >= 15 is 0 Å². The number of hydrogen-bond donors (Lipinski definition) is 2. The van der Waals surface area contributed by atoms with E-state index in [0.29, 0.717) is 23.6 Å². The molecule has 6 heteroatoms. The minimum Gasteiger partial charge on any atom is -0.504 e. The van der Waals surface area contributed by atoms with Gasteiger partial charge in [-0.1, -0.05) is 12.1 Å². The first kappa shape index (κ1) is 17.9. The molecule has 0 aliphatic carbocycles. The zero-order chi connectivity index (χ0) is 18.2. The highest BCUT2D eigenvalue weighted by Gasteiger charge is 2.12. The van der Waals surface area contributed by atoms with Gasteiger partial charge in [-0.05, 0) is 43.3 Å². The summed E-state index contributed by atoms with van der Waals surface area (Å²) < 4.78 is 10.3. The third-order valence-corrected chi connectivity index (χ3v) is 3.34. The van der Waals surface area contributed by atoms with Crippen molar-refractivity contribution < 1.29 is 19.4 Å². The first-order valence-corrected chi connectivity index (χ1v) is 7.61.